The largest absolute Gasteiger partial charge is 0.496 e. The van der Waals surface area contributed by atoms with Gasteiger partial charge in [-0.15, -0.1) is 0 Å². The zero-order chi connectivity index (χ0) is 11.5. The Morgan fingerprint density at radius 3 is 2.81 bits per heavy atom. The van der Waals surface area contributed by atoms with Crippen molar-refractivity contribution in [2.75, 3.05) is 13.7 Å². The van der Waals surface area contributed by atoms with Crippen LogP contribution in [0.15, 0.2) is 18.2 Å². The lowest BCUT2D eigenvalue weighted by molar-refractivity contribution is 0.0951. The predicted molar refractivity (Wildman–Crippen MR) is 62.8 cm³/mol. The second kappa shape index (κ2) is 4.56. The molecule has 0 spiro atoms. The van der Waals surface area contributed by atoms with Crippen LogP contribution < -0.4 is 10.1 Å². The molecular formula is C13H17NO2. The number of carbonyl (C=O) groups excluding carboxylic acids is 1. The van der Waals surface area contributed by atoms with E-state index in [2.05, 4.69) is 5.32 Å². The fraction of sp³-hybridized carbons (Fsp3) is 0.462. The first-order valence-electron chi connectivity index (χ1n) is 5.63. The summed E-state index contributed by atoms with van der Waals surface area (Å²) in [6.07, 6.45) is 2.50. The van der Waals surface area contributed by atoms with Gasteiger partial charge in [0.2, 0.25) is 0 Å². The first kappa shape index (κ1) is 11.0. The van der Waals surface area contributed by atoms with Gasteiger partial charge in [0.15, 0.2) is 0 Å². The highest BCUT2D eigenvalue weighted by Crippen LogP contribution is 2.27. The van der Waals surface area contributed by atoms with Crippen molar-refractivity contribution in [2.45, 2.75) is 19.8 Å². The summed E-state index contributed by atoms with van der Waals surface area (Å²) in [7, 11) is 1.63. The van der Waals surface area contributed by atoms with Crippen LogP contribution in [0.1, 0.15) is 28.8 Å². The molecule has 1 aromatic carbocycles. The van der Waals surface area contributed by atoms with Crippen molar-refractivity contribution >= 4 is 5.91 Å². The van der Waals surface area contributed by atoms with E-state index in [9.17, 15) is 4.79 Å². The van der Waals surface area contributed by atoms with Crippen molar-refractivity contribution in [3.05, 3.63) is 29.3 Å². The van der Waals surface area contributed by atoms with Crippen LogP contribution in [0.2, 0.25) is 0 Å². The van der Waals surface area contributed by atoms with Gasteiger partial charge in [0, 0.05) is 12.1 Å². The van der Waals surface area contributed by atoms with Crippen molar-refractivity contribution in [3.63, 3.8) is 0 Å². The van der Waals surface area contributed by atoms with Crippen LogP contribution in [0.25, 0.3) is 0 Å². The first-order chi connectivity index (χ1) is 7.70. The molecule has 0 heterocycles. The topological polar surface area (TPSA) is 38.3 Å². The third kappa shape index (κ3) is 2.54. The van der Waals surface area contributed by atoms with Crippen molar-refractivity contribution in [3.8, 4) is 5.75 Å². The maximum Gasteiger partial charge on any atom is 0.251 e. The molecule has 0 atom stereocenters. The lowest BCUT2D eigenvalue weighted by Crippen LogP contribution is -2.25. The Morgan fingerprint density at radius 2 is 2.25 bits per heavy atom. The zero-order valence-electron chi connectivity index (χ0n) is 9.75. The molecule has 3 heteroatoms. The SMILES string of the molecule is COc1ccc(C(=O)NCC2CC2)cc1C. The molecule has 86 valence electrons. The Hall–Kier alpha value is -1.51. The van der Waals surface area contributed by atoms with Crippen LogP contribution in [0.5, 0.6) is 5.75 Å². The van der Waals surface area contributed by atoms with Crippen LogP contribution >= 0.6 is 0 Å². The molecule has 1 aromatic rings. The van der Waals surface area contributed by atoms with E-state index in [1.807, 2.05) is 19.1 Å². The summed E-state index contributed by atoms with van der Waals surface area (Å²) >= 11 is 0. The van der Waals surface area contributed by atoms with Crippen LogP contribution in [0, 0.1) is 12.8 Å². The Bertz CT molecular complexity index is 397. The van der Waals surface area contributed by atoms with Gasteiger partial charge in [0.1, 0.15) is 5.75 Å². The quantitative estimate of drug-likeness (QED) is 0.842. The highest BCUT2D eigenvalue weighted by atomic mass is 16.5. The number of carbonyl (C=O) groups is 1. The average Bonchev–Trinajstić information content (AvgIpc) is 3.09. The molecule has 1 N–H and O–H groups in total. The highest BCUT2D eigenvalue weighted by Gasteiger charge is 2.21. The third-order valence-electron chi connectivity index (χ3n) is 2.91. The van der Waals surface area contributed by atoms with Gasteiger partial charge in [0.05, 0.1) is 7.11 Å². The Labute approximate surface area is 95.8 Å². The van der Waals surface area contributed by atoms with Crippen LogP contribution in [0.4, 0.5) is 0 Å². The maximum absolute atomic E-state index is 11.8. The van der Waals surface area contributed by atoms with Gasteiger partial charge in [-0.05, 0) is 49.4 Å². The van der Waals surface area contributed by atoms with Gasteiger partial charge in [-0.3, -0.25) is 4.79 Å². The summed E-state index contributed by atoms with van der Waals surface area (Å²) in [5.41, 5.74) is 1.69. The van der Waals surface area contributed by atoms with E-state index < -0.39 is 0 Å². The standard InChI is InChI=1S/C13H17NO2/c1-9-7-11(5-6-12(9)16-2)13(15)14-8-10-3-4-10/h5-7,10H,3-4,8H2,1-2H3,(H,14,15). The molecule has 0 radical (unpaired) electrons. The molecule has 0 saturated heterocycles. The first-order valence-corrected chi connectivity index (χ1v) is 5.63. The number of amides is 1. The molecule has 1 aliphatic rings. The van der Waals surface area contributed by atoms with Gasteiger partial charge in [0.25, 0.3) is 5.91 Å². The molecule has 3 nitrogen and oxygen atoms in total. The maximum atomic E-state index is 11.8. The van der Waals surface area contributed by atoms with Gasteiger partial charge < -0.3 is 10.1 Å². The zero-order valence-corrected chi connectivity index (χ0v) is 9.75. The Balaban J connectivity index is 2.01. The molecule has 2 rings (SSSR count). The average molecular weight is 219 g/mol. The number of hydrogen-bond donors (Lipinski definition) is 1. The summed E-state index contributed by atoms with van der Waals surface area (Å²) in [5, 5.41) is 2.95. The lowest BCUT2D eigenvalue weighted by atomic mass is 10.1. The summed E-state index contributed by atoms with van der Waals surface area (Å²) in [5.74, 6) is 1.54. The lowest BCUT2D eigenvalue weighted by Gasteiger charge is -2.07. The number of ether oxygens (including phenoxy) is 1. The van der Waals surface area contributed by atoms with Gasteiger partial charge in [-0.1, -0.05) is 0 Å². The molecular weight excluding hydrogens is 202 g/mol. The van der Waals surface area contributed by atoms with Gasteiger partial charge in [-0.2, -0.15) is 0 Å². The molecule has 0 aliphatic heterocycles. The van der Waals surface area contributed by atoms with Gasteiger partial charge in [-0.25, -0.2) is 0 Å². The molecule has 0 bridgehead atoms. The summed E-state index contributed by atoms with van der Waals surface area (Å²) in [6, 6.07) is 5.50. The van der Waals surface area contributed by atoms with E-state index in [-0.39, 0.29) is 5.91 Å². The Kier molecular flexibility index (Phi) is 3.13. The molecule has 1 saturated carbocycles. The molecule has 1 amide bonds. The van der Waals surface area contributed by atoms with Crippen molar-refractivity contribution in [1.29, 1.82) is 0 Å². The minimum Gasteiger partial charge on any atom is -0.496 e. The molecule has 0 aromatic heterocycles. The summed E-state index contributed by atoms with van der Waals surface area (Å²) in [4.78, 5) is 11.8. The van der Waals surface area contributed by atoms with Crippen molar-refractivity contribution < 1.29 is 9.53 Å². The number of hydrogen-bond acceptors (Lipinski definition) is 2. The van der Waals surface area contributed by atoms with Crippen LogP contribution in [-0.4, -0.2) is 19.6 Å². The van der Waals surface area contributed by atoms with Crippen LogP contribution in [0.3, 0.4) is 0 Å². The van der Waals surface area contributed by atoms with E-state index in [0.29, 0.717) is 11.5 Å². The Morgan fingerprint density at radius 1 is 1.50 bits per heavy atom. The third-order valence-corrected chi connectivity index (χ3v) is 2.91. The minimum absolute atomic E-state index is 0.0117. The number of aryl methyl sites for hydroxylation is 1. The fourth-order valence-corrected chi connectivity index (χ4v) is 1.68. The number of nitrogens with one attached hydrogen (secondary N) is 1. The smallest absolute Gasteiger partial charge is 0.251 e. The van der Waals surface area contributed by atoms with E-state index >= 15 is 0 Å². The molecule has 1 fully saturated rings. The predicted octanol–water partition coefficient (Wildman–Crippen LogP) is 2.14. The molecule has 0 unspecified atom stereocenters. The molecule has 16 heavy (non-hydrogen) atoms. The van der Waals surface area contributed by atoms with E-state index in [1.54, 1.807) is 13.2 Å². The fourth-order valence-electron chi connectivity index (χ4n) is 1.68. The number of benzene rings is 1. The number of rotatable bonds is 4. The van der Waals surface area contributed by atoms with E-state index in [0.717, 1.165) is 17.9 Å². The summed E-state index contributed by atoms with van der Waals surface area (Å²) < 4.78 is 5.16. The van der Waals surface area contributed by atoms with E-state index in [1.165, 1.54) is 12.8 Å². The van der Waals surface area contributed by atoms with E-state index in [4.69, 9.17) is 4.74 Å². The number of methoxy groups -OCH3 is 1. The van der Waals surface area contributed by atoms with Gasteiger partial charge >= 0.3 is 0 Å². The second-order valence-corrected chi connectivity index (χ2v) is 4.34. The second-order valence-electron chi connectivity index (χ2n) is 4.34. The van der Waals surface area contributed by atoms with Crippen LogP contribution in [-0.2, 0) is 0 Å². The monoisotopic (exact) mass is 219 g/mol. The summed E-state index contributed by atoms with van der Waals surface area (Å²) in [6.45, 7) is 2.75. The minimum atomic E-state index is 0.0117. The highest BCUT2D eigenvalue weighted by molar-refractivity contribution is 5.94. The van der Waals surface area contributed by atoms with Crippen molar-refractivity contribution in [2.24, 2.45) is 5.92 Å². The van der Waals surface area contributed by atoms with Crippen molar-refractivity contribution in [1.82, 2.24) is 5.32 Å². The normalized spacial score (nSPS) is 14.6. The molecule has 1 aliphatic carbocycles.